The molecule has 15 heavy (non-hydrogen) atoms. The Morgan fingerprint density at radius 2 is 1.60 bits per heavy atom. The predicted octanol–water partition coefficient (Wildman–Crippen LogP) is 3.98. The zero-order valence-electron chi connectivity index (χ0n) is 10.7. The molecule has 1 fully saturated rings. The van der Waals surface area contributed by atoms with Crippen LogP contribution >= 0.6 is 0 Å². The van der Waals surface area contributed by atoms with E-state index in [9.17, 15) is 0 Å². The Morgan fingerprint density at radius 1 is 0.933 bits per heavy atom. The second-order valence-electron chi connectivity index (χ2n) is 5.17. The summed E-state index contributed by atoms with van der Waals surface area (Å²) >= 11 is 0. The topological polar surface area (TPSA) is 12.0 Å². The average molecular weight is 211 g/mol. The SMILES string of the molecule is CCCCCCC(CCCC)C1CNC1. The van der Waals surface area contributed by atoms with E-state index in [1.807, 2.05) is 0 Å². The monoisotopic (exact) mass is 211 g/mol. The van der Waals surface area contributed by atoms with Crippen LogP contribution in [-0.4, -0.2) is 13.1 Å². The number of hydrogen-bond donors (Lipinski definition) is 1. The van der Waals surface area contributed by atoms with Crippen LogP contribution in [0.15, 0.2) is 0 Å². The molecule has 1 heterocycles. The van der Waals surface area contributed by atoms with Crippen molar-refractivity contribution in [2.24, 2.45) is 11.8 Å². The van der Waals surface area contributed by atoms with Crippen molar-refractivity contribution in [2.75, 3.05) is 13.1 Å². The first-order valence-corrected chi connectivity index (χ1v) is 7.09. The van der Waals surface area contributed by atoms with Crippen molar-refractivity contribution in [3.8, 4) is 0 Å². The van der Waals surface area contributed by atoms with Gasteiger partial charge in [-0.1, -0.05) is 65.2 Å². The molecule has 1 atom stereocenters. The van der Waals surface area contributed by atoms with E-state index in [2.05, 4.69) is 19.2 Å². The number of unbranched alkanes of at least 4 members (excludes halogenated alkanes) is 4. The summed E-state index contributed by atoms with van der Waals surface area (Å²) in [5, 5.41) is 3.42. The van der Waals surface area contributed by atoms with Gasteiger partial charge in [0.2, 0.25) is 0 Å². The van der Waals surface area contributed by atoms with Crippen molar-refractivity contribution in [3.05, 3.63) is 0 Å². The molecule has 1 aliphatic rings. The van der Waals surface area contributed by atoms with Gasteiger partial charge in [-0.15, -0.1) is 0 Å². The van der Waals surface area contributed by atoms with Crippen LogP contribution in [-0.2, 0) is 0 Å². The third kappa shape index (κ3) is 5.01. The summed E-state index contributed by atoms with van der Waals surface area (Å²) in [6.07, 6.45) is 11.5. The van der Waals surface area contributed by atoms with E-state index in [0.29, 0.717) is 0 Å². The zero-order chi connectivity index (χ0) is 10.9. The van der Waals surface area contributed by atoms with E-state index in [-0.39, 0.29) is 0 Å². The van der Waals surface area contributed by atoms with Crippen molar-refractivity contribution < 1.29 is 0 Å². The van der Waals surface area contributed by atoms with E-state index in [1.165, 1.54) is 64.5 Å². The minimum Gasteiger partial charge on any atom is -0.316 e. The van der Waals surface area contributed by atoms with Crippen molar-refractivity contribution in [1.29, 1.82) is 0 Å². The molecule has 1 rings (SSSR count). The average Bonchev–Trinajstić information content (AvgIpc) is 2.17. The molecule has 0 aromatic heterocycles. The molecule has 0 radical (unpaired) electrons. The predicted molar refractivity (Wildman–Crippen MR) is 68.1 cm³/mol. The molecule has 0 amide bonds. The molecule has 1 heteroatoms. The quantitative estimate of drug-likeness (QED) is 0.569. The van der Waals surface area contributed by atoms with E-state index >= 15 is 0 Å². The van der Waals surface area contributed by atoms with E-state index in [4.69, 9.17) is 0 Å². The molecule has 0 bridgehead atoms. The smallest absolute Gasteiger partial charge is 0.000559 e. The van der Waals surface area contributed by atoms with Crippen LogP contribution in [0, 0.1) is 11.8 Å². The zero-order valence-corrected chi connectivity index (χ0v) is 10.7. The van der Waals surface area contributed by atoms with Gasteiger partial charge in [0.25, 0.3) is 0 Å². The number of nitrogens with one attached hydrogen (secondary N) is 1. The summed E-state index contributed by atoms with van der Waals surface area (Å²) in [5.41, 5.74) is 0. The fourth-order valence-electron chi connectivity index (χ4n) is 2.56. The van der Waals surface area contributed by atoms with Gasteiger partial charge in [-0.3, -0.25) is 0 Å². The Morgan fingerprint density at radius 3 is 2.13 bits per heavy atom. The Bertz CT molecular complexity index is 140. The Balaban J connectivity index is 2.10. The molecule has 90 valence electrons. The molecule has 1 aliphatic heterocycles. The second kappa shape index (κ2) is 8.15. The lowest BCUT2D eigenvalue weighted by atomic mass is 9.80. The molecule has 1 N–H and O–H groups in total. The largest absolute Gasteiger partial charge is 0.316 e. The first-order valence-electron chi connectivity index (χ1n) is 7.09. The standard InChI is InChI=1S/C14H29N/c1-3-5-7-8-10-13(9-6-4-2)14-11-15-12-14/h13-15H,3-12H2,1-2H3. The van der Waals surface area contributed by atoms with Gasteiger partial charge in [0.1, 0.15) is 0 Å². The first kappa shape index (κ1) is 13.0. The molecule has 0 aromatic carbocycles. The lowest BCUT2D eigenvalue weighted by molar-refractivity contribution is 0.203. The highest BCUT2D eigenvalue weighted by atomic mass is 14.9. The van der Waals surface area contributed by atoms with Gasteiger partial charge in [0.05, 0.1) is 0 Å². The fraction of sp³-hybridized carbons (Fsp3) is 1.00. The normalized spacial score (nSPS) is 18.8. The fourth-order valence-corrected chi connectivity index (χ4v) is 2.56. The van der Waals surface area contributed by atoms with Gasteiger partial charge in [-0.25, -0.2) is 0 Å². The van der Waals surface area contributed by atoms with Gasteiger partial charge in [-0.2, -0.15) is 0 Å². The van der Waals surface area contributed by atoms with E-state index < -0.39 is 0 Å². The summed E-state index contributed by atoms with van der Waals surface area (Å²) < 4.78 is 0. The van der Waals surface area contributed by atoms with Crippen LogP contribution in [0.25, 0.3) is 0 Å². The molecule has 0 saturated carbocycles. The number of rotatable bonds is 9. The molecule has 0 aliphatic carbocycles. The maximum Gasteiger partial charge on any atom is -0.000559 e. The minimum absolute atomic E-state index is 1.01. The van der Waals surface area contributed by atoms with E-state index in [0.717, 1.165) is 11.8 Å². The maximum absolute atomic E-state index is 3.42. The second-order valence-corrected chi connectivity index (χ2v) is 5.17. The molecule has 0 spiro atoms. The maximum atomic E-state index is 3.42. The van der Waals surface area contributed by atoms with Crippen molar-refractivity contribution in [2.45, 2.75) is 65.2 Å². The van der Waals surface area contributed by atoms with Crippen LogP contribution < -0.4 is 5.32 Å². The summed E-state index contributed by atoms with van der Waals surface area (Å²) in [6, 6.07) is 0. The molecular formula is C14H29N. The number of hydrogen-bond acceptors (Lipinski definition) is 1. The summed E-state index contributed by atoms with van der Waals surface area (Å²) in [5.74, 6) is 2.04. The highest BCUT2D eigenvalue weighted by Gasteiger charge is 2.25. The van der Waals surface area contributed by atoms with E-state index in [1.54, 1.807) is 0 Å². The van der Waals surface area contributed by atoms with Crippen molar-refractivity contribution in [1.82, 2.24) is 5.32 Å². The lowest BCUT2D eigenvalue weighted by Gasteiger charge is -2.35. The molecule has 1 unspecified atom stereocenters. The first-order chi connectivity index (χ1) is 7.38. The van der Waals surface area contributed by atoms with Crippen LogP contribution in [0.1, 0.15) is 65.2 Å². The van der Waals surface area contributed by atoms with Crippen LogP contribution in [0.3, 0.4) is 0 Å². The molecular weight excluding hydrogens is 182 g/mol. The highest BCUT2D eigenvalue weighted by molar-refractivity contribution is 4.81. The Labute approximate surface area is 96.0 Å². The molecule has 1 saturated heterocycles. The summed E-state index contributed by atoms with van der Waals surface area (Å²) in [6.45, 7) is 7.20. The van der Waals surface area contributed by atoms with Gasteiger partial charge in [-0.05, 0) is 24.9 Å². The van der Waals surface area contributed by atoms with Crippen molar-refractivity contribution >= 4 is 0 Å². The summed E-state index contributed by atoms with van der Waals surface area (Å²) in [4.78, 5) is 0. The Hall–Kier alpha value is -0.0400. The van der Waals surface area contributed by atoms with Gasteiger partial charge in [0, 0.05) is 0 Å². The van der Waals surface area contributed by atoms with Crippen molar-refractivity contribution in [3.63, 3.8) is 0 Å². The highest BCUT2D eigenvalue weighted by Crippen LogP contribution is 2.27. The van der Waals surface area contributed by atoms with Gasteiger partial charge >= 0.3 is 0 Å². The minimum atomic E-state index is 1.01. The molecule has 1 nitrogen and oxygen atoms in total. The van der Waals surface area contributed by atoms with Gasteiger partial charge < -0.3 is 5.32 Å². The van der Waals surface area contributed by atoms with Gasteiger partial charge in [0.15, 0.2) is 0 Å². The third-order valence-electron chi connectivity index (χ3n) is 3.84. The lowest BCUT2D eigenvalue weighted by Crippen LogP contribution is -2.46. The van der Waals surface area contributed by atoms with Crippen LogP contribution in [0.4, 0.5) is 0 Å². The van der Waals surface area contributed by atoms with Crippen LogP contribution in [0.2, 0.25) is 0 Å². The third-order valence-corrected chi connectivity index (χ3v) is 3.84. The molecule has 0 aromatic rings. The van der Waals surface area contributed by atoms with Crippen LogP contribution in [0.5, 0.6) is 0 Å². The Kier molecular flexibility index (Phi) is 7.08. The summed E-state index contributed by atoms with van der Waals surface area (Å²) in [7, 11) is 0.